The molecule has 0 aliphatic heterocycles. The summed E-state index contributed by atoms with van der Waals surface area (Å²) in [6.07, 6.45) is 0. The van der Waals surface area contributed by atoms with E-state index in [1.165, 1.54) is 21.9 Å². The van der Waals surface area contributed by atoms with Crippen LogP contribution in [0.5, 0.6) is 0 Å². The van der Waals surface area contributed by atoms with Crippen molar-refractivity contribution in [3.63, 3.8) is 0 Å². The summed E-state index contributed by atoms with van der Waals surface area (Å²) in [5, 5.41) is 2.44. The Labute approximate surface area is 106 Å². The maximum Gasteiger partial charge on any atom is 0.0119 e. The van der Waals surface area contributed by atoms with Crippen molar-refractivity contribution >= 4 is 23.4 Å². The Morgan fingerprint density at radius 3 is 2.29 bits per heavy atom. The highest BCUT2D eigenvalue weighted by Gasteiger charge is 2.00. The van der Waals surface area contributed by atoms with Crippen molar-refractivity contribution in [1.29, 1.82) is 0 Å². The van der Waals surface area contributed by atoms with E-state index in [4.69, 9.17) is 0 Å². The van der Waals surface area contributed by atoms with Gasteiger partial charge in [-0.1, -0.05) is 54.6 Å². The first-order valence-electron chi connectivity index (χ1n) is 5.62. The minimum absolute atomic E-state index is 1.03. The molecule has 0 unspecified atom stereocenters. The van der Waals surface area contributed by atoms with Gasteiger partial charge in [-0.2, -0.15) is 0 Å². The summed E-state index contributed by atoms with van der Waals surface area (Å²) in [6.45, 7) is 0. The quantitative estimate of drug-likeness (QED) is 0.577. The molecule has 17 heavy (non-hydrogen) atoms. The Morgan fingerprint density at radius 1 is 0.647 bits per heavy atom. The number of hydrogen-bond donors (Lipinski definition) is 1. The Hall–Kier alpha value is -1.73. The molecule has 3 aromatic carbocycles. The number of hydrogen-bond acceptors (Lipinski definition) is 1. The fourth-order valence-corrected chi connectivity index (χ4v) is 2.37. The van der Waals surface area contributed by atoms with E-state index in [1.807, 2.05) is 18.2 Å². The molecule has 0 atom stereocenters. The molecule has 3 aromatic rings. The molecule has 0 amide bonds. The second kappa shape index (κ2) is 4.27. The molecule has 0 N–H and O–H groups in total. The summed E-state index contributed by atoms with van der Waals surface area (Å²) in [6, 6.07) is 23.1. The van der Waals surface area contributed by atoms with Crippen LogP contribution in [-0.2, 0) is 0 Å². The molecule has 0 aliphatic carbocycles. The van der Waals surface area contributed by atoms with E-state index in [9.17, 15) is 0 Å². The second-order valence-electron chi connectivity index (χ2n) is 4.08. The van der Waals surface area contributed by atoms with Gasteiger partial charge in [-0.3, -0.25) is 0 Å². The number of thiol groups is 1. The van der Waals surface area contributed by atoms with Crippen molar-refractivity contribution < 1.29 is 0 Å². The summed E-state index contributed by atoms with van der Waals surface area (Å²) in [7, 11) is 0. The van der Waals surface area contributed by atoms with Gasteiger partial charge in [-0.15, -0.1) is 12.6 Å². The molecule has 0 saturated carbocycles. The van der Waals surface area contributed by atoms with Crippen LogP contribution in [0.1, 0.15) is 0 Å². The monoisotopic (exact) mass is 236 g/mol. The SMILES string of the molecule is Sc1cccc2cc(-c3ccccc3)ccc12. The third-order valence-corrected chi connectivity index (χ3v) is 3.35. The summed E-state index contributed by atoms with van der Waals surface area (Å²) in [5.41, 5.74) is 2.50. The third-order valence-electron chi connectivity index (χ3n) is 2.96. The normalized spacial score (nSPS) is 10.6. The average molecular weight is 236 g/mol. The second-order valence-corrected chi connectivity index (χ2v) is 4.56. The minimum Gasteiger partial charge on any atom is -0.143 e. The fourth-order valence-electron chi connectivity index (χ4n) is 2.08. The maximum atomic E-state index is 4.47. The van der Waals surface area contributed by atoms with Gasteiger partial charge < -0.3 is 0 Å². The van der Waals surface area contributed by atoms with Gasteiger partial charge >= 0.3 is 0 Å². The highest BCUT2D eigenvalue weighted by Crippen LogP contribution is 2.27. The zero-order valence-corrected chi connectivity index (χ0v) is 10.2. The molecular formula is C16H12S. The maximum absolute atomic E-state index is 4.47. The molecule has 1 heteroatoms. The van der Waals surface area contributed by atoms with Crippen LogP contribution in [0.15, 0.2) is 71.6 Å². The summed E-state index contributed by atoms with van der Waals surface area (Å²) < 4.78 is 0. The van der Waals surface area contributed by atoms with Gasteiger partial charge in [0.25, 0.3) is 0 Å². The van der Waals surface area contributed by atoms with Crippen LogP contribution >= 0.6 is 12.6 Å². The van der Waals surface area contributed by atoms with Crippen molar-refractivity contribution in [1.82, 2.24) is 0 Å². The molecule has 3 rings (SSSR count). The molecule has 0 saturated heterocycles. The van der Waals surface area contributed by atoms with Crippen LogP contribution in [0.4, 0.5) is 0 Å². The molecule has 82 valence electrons. The van der Waals surface area contributed by atoms with Gasteiger partial charge in [-0.25, -0.2) is 0 Å². The van der Waals surface area contributed by atoms with Crippen molar-refractivity contribution in [2.45, 2.75) is 4.90 Å². The van der Waals surface area contributed by atoms with Gasteiger partial charge in [0, 0.05) is 4.90 Å². The predicted molar refractivity (Wildman–Crippen MR) is 76.6 cm³/mol. The smallest absolute Gasteiger partial charge is 0.0119 e. The first-order chi connectivity index (χ1) is 8.34. The van der Waals surface area contributed by atoms with Crippen molar-refractivity contribution in [2.75, 3.05) is 0 Å². The summed E-state index contributed by atoms with van der Waals surface area (Å²) in [4.78, 5) is 1.03. The molecule has 0 bridgehead atoms. The number of rotatable bonds is 1. The van der Waals surface area contributed by atoms with Gasteiger partial charge in [-0.05, 0) is 34.0 Å². The Bertz CT molecular complexity index is 657. The Balaban J connectivity index is 2.21. The molecule has 0 nitrogen and oxygen atoms in total. The molecule has 0 radical (unpaired) electrons. The van der Waals surface area contributed by atoms with E-state index < -0.39 is 0 Å². The van der Waals surface area contributed by atoms with Crippen LogP contribution < -0.4 is 0 Å². The largest absolute Gasteiger partial charge is 0.143 e. The minimum atomic E-state index is 1.03. The van der Waals surface area contributed by atoms with Crippen LogP contribution in [0.3, 0.4) is 0 Å². The van der Waals surface area contributed by atoms with Crippen LogP contribution in [-0.4, -0.2) is 0 Å². The van der Waals surface area contributed by atoms with E-state index in [0.29, 0.717) is 0 Å². The molecule has 0 aromatic heterocycles. The van der Waals surface area contributed by atoms with Crippen molar-refractivity contribution in [3.8, 4) is 11.1 Å². The lowest BCUT2D eigenvalue weighted by Gasteiger charge is -2.05. The van der Waals surface area contributed by atoms with Gasteiger partial charge in [0.1, 0.15) is 0 Å². The molecule has 0 fully saturated rings. The zero-order chi connectivity index (χ0) is 11.7. The highest BCUT2D eigenvalue weighted by atomic mass is 32.1. The zero-order valence-electron chi connectivity index (χ0n) is 9.30. The number of benzene rings is 3. The van der Waals surface area contributed by atoms with Crippen LogP contribution in [0, 0.1) is 0 Å². The molecule has 0 spiro atoms. The van der Waals surface area contributed by atoms with Crippen LogP contribution in [0.2, 0.25) is 0 Å². The lowest BCUT2D eigenvalue weighted by Crippen LogP contribution is -1.79. The topological polar surface area (TPSA) is 0 Å². The van der Waals surface area contributed by atoms with Crippen molar-refractivity contribution in [3.05, 3.63) is 66.7 Å². The Kier molecular flexibility index (Phi) is 2.62. The first kappa shape index (κ1) is 10.4. The Morgan fingerprint density at radius 2 is 1.47 bits per heavy atom. The summed E-state index contributed by atoms with van der Waals surface area (Å²) >= 11 is 4.47. The molecule has 0 heterocycles. The van der Waals surface area contributed by atoms with Crippen molar-refractivity contribution in [2.24, 2.45) is 0 Å². The average Bonchev–Trinajstić information content (AvgIpc) is 2.40. The third kappa shape index (κ3) is 1.94. The van der Waals surface area contributed by atoms with E-state index in [0.717, 1.165) is 4.90 Å². The fraction of sp³-hybridized carbons (Fsp3) is 0. The number of fused-ring (bicyclic) bond motifs is 1. The van der Waals surface area contributed by atoms with Gasteiger partial charge in [0.15, 0.2) is 0 Å². The lowest BCUT2D eigenvalue weighted by atomic mass is 10.0. The highest BCUT2D eigenvalue weighted by molar-refractivity contribution is 7.80. The van der Waals surface area contributed by atoms with E-state index in [2.05, 4.69) is 61.2 Å². The molecule has 0 aliphatic rings. The van der Waals surface area contributed by atoms with E-state index in [-0.39, 0.29) is 0 Å². The predicted octanol–water partition coefficient (Wildman–Crippen LogP) is 4.80. The molecular weight excluding hydrogens is 224 g/mol. The standard InChI is InChI=1S/C16H12S/c17-16-8-4-7-14-11-13(9-10-15(14)16)12-5-2-1-3-6-12/h1-11,17H. The van der Waals surface area contributed by atoms with E-state index in [1.54, 1.807) is 0 Å². The van der Waals surface area contributed by atoms with E-state index >= 15 is 0 Å². The summed E-state index contributed by atoms with van der Waals surface area (Å²) in [5.74, 6) is 0. The van der Waals surface area contributed by atoms with Gasteiger partial charge in [0.2, 0.25) is 0 Å². The lowest BCUT2D eigenvalue weighted by molar-refractivity contribution is 1.55. The first-order valence-corrected chi connectivity index (χ1v) is 6.06. The van der Waals surface area contributed by atoms with Gasteiger partial charge in [0.05, 0.1) is 0 Å². The van der Waals surface area contributed by atoms with Crippen LogP contribution in [0.25, 0.3) is 21.9 Å².